The van der Waals surface area contributed by atoms with Gasteiger partial charge in [0.15, 0.2) is 0 Å². The summed E-state index contributed by atoms with van der Waals surface area (Å²) in [6.07, 6.45) is 0.572. The zero-order chi connectivity index (χ0) is 16.1. The van der Waals surface area contributed by atoms with Crippen LogP contribution in [-0.2, 0) is 19.6 Å². The van der Waals surface area contributed by atoms with Crippen molar-refractivity contribution in [2.24, 2.45) is 5.92 Å². The van der Waals surface area contributed by atoms with E-state index in [0.717, 1.165) is 5.56 Å². The second kappa shape index (κ2) is 4.93. The van der Waals surface area contributed by atoms with Gasteiger partial charge in [0.1, 0.15) is 5.60 Å². The van der Waals surface area contributed by atoms with Crippen LogP contribution in [0.4, 0.5) is 0 Å². The second-order valence-corrected chi connectivity index (χ2v) is 7.93. The number of fused-ring (bicyclic) bond motifs is 1. The first-order valence-corrected chi connectivity index (χ1v) is 8.73. The summed E-state index contributed by atoms with van der Waals surface area (Å²) in [5.41, 5.74) is 0.624. The quantitative estimate of drug-likeness (QED) is 0.630. The van der Waals surface area contributed by atoms with E-state index in [1.165, 1.54) is 4.31 Å². The normalized spacial score (nSPS) is 28.7. The van der Waals surface area contributed by atoms with Crippen LogP contribution in [-0.4, -0.2) is 37.4 Å². The molecular weight excluding hydrogens is 302 g/mol. The molecule has 2 aliphatic rings. The predicted molar refractivity (Wildman–Crippen MR) is 81.7 cm³/mol. The molecule has 0 unspecified atom stereocenters. The van der Waals surface area contributed by atoms with Crippen LogP contribution < -0.4 is 0 Å². The molecule has 5 nitrogen and oxygen atoms in total. The molecule has 0 spiro atoms. The van der Waals surface area contributed by atoms with Gasteiger partial charge < -0.3 is 4.74 Å². The van der Waals surface area contributed by atoms with Gasteiger partial charge in [-0.15, -0.1) is 0 Å². The number of esters is 1. The molecule has 6 heteroatoms. The molecule has 0 saturated carbocycles. The standard InChI is InChI=1S/C16H19NO4S/c1-4-16-10-17(9-14(16)12(3)15(18)21-16)22(19,20)13-7-5-11(2)6-8-13/h5-8,14H,3-4,9-10H2,1-2H3/t14-,16-/m1/s1. The SMILES string of the molecule is C=C1C(=O)O[C@]2(CC)CN(S(=O)(=O)c3ccc(C)cc3)C[C@H]12. The van der Waals surface area contributed by atoms with Crippen molar-refractivity contribution in [3.63, 3.8) is 0 Å². The van der Waals surface area contributed by atoms with Gasteiger partial charge >= 0.3 is 5.97 Å². The van der Waals surface area contributed by atoms with Crippen molar-refractivity contribution < 1.29 is 17.9 Å². The first-order valence-electron chi connectivity index (χ1n) is 7.29. The summed E-state index contributed by atoms with van der Waals surface area (Å²) in [5.74, 6) is -0.663. The lowest BCUT2D eigenvalue weighted by molar-refractivity contribution is -0.146. The molecule has 0 radical (unpaired) electrons. The van der Waals surface area contributed by atoms with E-state index in [1.54, 1.807) is 24.3 Å². The van der Waals surface area contributed by atoms with Crippen molar-refractivity contribution >= 4 is 16.0 Å². The van der Waals surface area contributed by atoms with E-state index < -0.39 is 21.6 Å². The molecule has 0 amide bonds. The van der Waals surface area contributed by atoms with Gasteiger partial charge in [0.25, 0.3) is 0 Å². The summed E-state index contributed by atoms with van der Waals surface area (Å²) < 4.78 is 32.4. The van der Waals surface area contributed by atoms with Crippen molar-refractivity contribution in [3.8, 4) is 0 Å². The van der Waals surface area contributed by atoms with E-state index in [4.69, 9.17) is 4.74 Å². The summed E-state index contributed by atoms with van der Waals surface area (Å²) in [7, 11) is -3.59. The summed E-state index contributed by atoms with van der Waals surface area (Å²) in [5, 5.41) is 0. The van der Waals surface area contributed by atoms with Crippen LogP contribution in [0.15, 0.2) is 41.3 Å². The fraction of sp³-hybridized carbons (Fsp3) is 0.438. The Morgan fingerprint density at radius 1 is 1.36 bits per heavy atom. The molecular formula is C16H19NO4S. The fourth-order valence-corrected chi connectivity index (χ4v) is 4.75. The number of nitrogens with zero attached hydrogens (tertiary/aromatic N) is 1. The number of hydrogen-bond acceptors (Lipinski definition) is 4. The summed E-state index contributed by atoms with van der Waals surface area (Å²) >= 11 is 0. The van der Waals surface area contributed by atoms with Crippen LogP contribution in [0.3, 0.4) is 0 Å². The topological polar surface area (TPSA) is 63.7 Å². The van der Waals surface area contributed by atoms with E-state index in [9.17, 15) is 13.2 Å². The number of aryl methyl sites for hydroxylation is 1. The molecule has 22 heavy (non-hydrogen) atoms. The van der Waals surface area contributed by atoms with Crippen molar-refractivity contribution in [2.75, 3.05) is 13.1 Å². The van der Waals surface area contributed by atoms with Crippen LogP contribution in [0.5, 0.6) is 0 Å². The van der Waals surface area contributed by atoms with Crippen molar-refractivity contribution in [1.82, 2.24) is 4.31 Å². The highest BCUT2D eigenvalue weighted by atomic mass is 32.2. The Labute approximate surface area is 130 Å². The van der Waals surface area contributed by atoms with Crippen molar-refractivity contribution in [3.05, 3.63) is 42.0 Å². The van der Waals surface area contributed by atoms with Crippen LogP contribution in [0, 0.1) is 12.8 Å². The zero-order valence-electron chi connectivity index (χ0n) is 12.7. The number of hydrogen-bond donors (Lipinski definition) is 0. The zero-order valence-corrected chi connectivity index (χ0v) is 13.5. The fourth-order valence-electron chi connectivity index (χ4n) is 3.24. The Morgan fingerprint density at radius 2 is 2.00 bits per heavy atom. The molecule has 3 rings (SSSR count). The first kappa shape index (κ1) is 15.2. The summed E-state index contributed by atoms with van der Waals surface area (Å²) in [4.78, 5) is 12.0. The maximum absolute atomic E-state index is 12.8. The van der Waals surface area contributed by atoms with Gasteiger partial charge in [0.2, 0.25) is 10.0 Å². The molecule has 0 aliphatic carbocycles. The molecule has 2 fully saturated rings. The first-order chi connectivity index (χ1) is 10.3. The Hall–Kier alpha value is -1.66. The van der Waals surface area contributed by atoms with Gasteiger partial charge in [-0.3, -0.25) is 0 Å². The lowest BCUT2D eigenvalue weighted by Crippen LogP contribution is -2.38. The minimum absolute atomic E-state index is 0.190. The minimum atomic E-state index is -3.59. The molecule has 2 heterocycles. The molecule has 1 aromatic carbocycles. The molecule has 1 aromatic rings. The number of ether oxygens (including phenoxy) is 1. The smallest absolute Gasteiger partial charge is 0.334 e. The van der Waals surface area contributed by atoms with Gasteiger partial charge in [0.05, 0.1) is 11.4 Å². The molecule has 118 valence electrons. The Balaban J connectivity index is 1.94. The lowest BCUT2D eigenvalue weighted by atomic mass is 9.86. The molecule has 0 bridgehead atoms. The van der Waals surface area contributed by atoms with Gasteiger partial charge in [-0.25, -0.2) is 13.2 Å². The van der Waals surface area contributed by atoms with Gasteiger partial charge in [-0.1, -0.05) is 31.2 Å². The molecule has 0 aromatic heterocycles. The van der Waals surface area contributed by atoms with Gasteiger partial charge in [-0.2, -0.15) is 4.31 Å². The average Bonchev–Trinajstić information content (AvgIpc) is 2.96. The number of carbonyl (C=O) groups is 1. The Morgan fingerprint density at radius 3 is 2.55 bits per heavy atom. The van der Waals surface area contributed by atoms with Gasteiger partial charge in [0, 0.05) is 18.0 Å². The third-order valence-corrected chi connectivity index (χ3v) is 6.53. The molecule has 2 aliphatic heterocycles. The van der Waals surface area contributed by atoms with Crippen LogP contribution in [0.1, 0.15) is 18.9 Å². The highest BCUT2D eigenvalue weighted by Gasteiger charge is 2.58. The highest BCUT2D eigenvalue weighted by Crippen LogP contribution is 2.45. The number of carbonyl (C=O) groups excluding carboxylic acids is 1. The van der Waals surface area contributed by atoms with Crippen molar-refractivity contribution in [1.29, 1.82) is 0 Å². The van der Waals surface area contributed by atoms with Crippen LogP contribution >= 0.6 is 0 Å². The minimum Gasteiger partial charge on any atom is -0.454 e. The predicted octanol–water partition coefficient (Wildman–Crippen LogP) is 1.88. The third-order valence-electron chi connectivity index (χ3n) is 4.70. The highest BCUT2D eigenvalue weighted by molar-refractivity contribution is 7.89. The van der Waals surface area contributed by atoms with Crippen LogP contribution in [0.25, 0.3) is 0 Å². The van der Waals surface area contributed by atoms with E-state index in [2.05, 4.69) is 6.58 Å². The van der Waals surface area contributed by atoms with Crippen LogP contribution in [0.2, 0.25) is 0 Å². The largest absolute Gasteiger partial charge is 0.454 e. The Bertz CT molecular complexity index is 738. The molecule has 0 N–H and O–H groups in total. The maximum Gasteiger partial charge on any atom is 0.334 e. The lowest BCUT2D eigenvalue weighted by Gasteiger charge is -2.25. The summed E-state index contributed by atoms with van der Waals surface area (Å²) in [6, 6.07) is 6.77. The van der Waals surface area contributed by atoms with Crippen molar-refractivity contribution in [2.45, 2.75) is 30.8 Å². The third kappa shape index (κ3) is 2.09. The maximum atomic E-state index is 12.8. The van der Waals surface area contributed by atoms with Gasteiger partial charge in [-0.05, 0) is 25.5 Å². The second-order valence-electron chi connectivity index (χ2n) is 6.00. The van der Waals surface area contributed by atoms with E-state index >= 15 is 0 Å². The number of benzene rings is 1. The monoisotopic (exact) mass is 321 g/mol. The number of rotatable bonds is 3. The average molecular weight is 321 g/mol. The molecule has 2 atom stereocenters. The van der Waals surface area contributed by atoms with E-state index in [-0.39, 0.29) is 23.9 Å². The summed E-state index contributed by atoms with van der Waals surface area (Å²) in [6.45, 7) is 8.02. The Kier molecular flexibility index (Phi) is 3.41. The number of sulfonamides is 1. The van der Waals surface area contributed by atoms with E-state index in [1.807, 2.05) is 13.8 Å². The molecule has 2 saturated heterocycles. The van der Waals surface area contributed by atoms with E-state index in [0.29, 0.717) is 12.0 Å².